The van der Waals surface area contributed by atoms with Crippen molar-refractivity contribution in [2.45, 2.75) is 19.0 Å². The minimum atomic E-state index is -0.862. The Balaban J connectivity index is 1.41. The summed E-state index contributed by atoms with van der Waals surface area (Å²) in [5, 5.41) is 18.0. The predicted octanol–water partition coefficient (Wildman–Crippen LogP) is 3.51. The van der Waals surface area contributed by atoms with Gasteiger partial charge >= 0.3 is 11.8 Å². The highest BCUT2D eigenvalue weighted by Crippen LogP contribution is 2.30. The van der Waals surface area contributed by atoms with Gasteiger partial charge in [0.1, 0.15) is 0 Å². The molecule has 2 heterocycles. The summed E-state index contributed by atoms with van der Waals surface area (Å²) in [7, 11) is 0. The van der Waals surface area contributed by atoms with Crippen LogP contribution in [0.25, 0.3) is 0 Å². The van der Waals surface area contributed by atoms with Gasteiger partial charge in [-0.05, 0) is 35.1 Å². The lowest BCUT2D eigenvalue weighted by atomic mass is 9.98. The second-order valence-corrected chi connectivity index (χ2v) is 8.47. The van der Waals surface area contributed by atoms with Gasteiger partial charge in [0.05, 0.1) is 11.0 Å². The SMILES string of the molecule is O=C(NC[C@H](c1cccs1)N1CCc2ccccc2C1)C(=O)Nc1cccc([N+](=O)[O-])c1. The molecule has 1 aliphatic rings. The molecular formula is C23H22N4O4S. The molecule has 1 aliphatic heterocycles. The van der Waals surface area contributed by atoms with E-state index in [-0.39, 0.29) is 24.0 Å². The van der Waals surface area contributed by atoms with Crippen LogP contribution in [0.2, 0.25) is 0 Å². The molecule has 4 rings (SSSR count). The summed E-state index contributed by atoms with van der Waals surface area (Å²) in [5.74, 6) is -1.64. The van der Waals surface area contributed by atoms with Crippen LogP contribution in [0.15, 0.2) is 66.0 Å². The first-order valence-corrected chi connectivity index (χ1v) is 11.1. The molecule has 2 aromatic carbocycles. The van der Waals surface area contributed by atoms with Crippen molar-refractivity contribution in [1.82, 2.24) is 10.2 Å². The summed E-state index contributed by atoms with van der Waals surface area (Å²) in [5.41, 5.74) is 2.65. The number of rotatable bonds is 6. The molecule has 8 nitrogen and oxygen atoms in total. The molecule has 0 saturated heterocycles. The third-order valence-corrected chi connectivity index (χ3v) is 6.42. The number of fused-ring (bicyclic) bond motifs is 1. The van der Waals surface area contributed by atoms with E-state index < -0.39 is 16.7 Å². The van der Waals surface area contributed by atoms with Crippen molar-refractivity contribution in [3.8, 4) is 0 Å². The summed E-state index contributed by atoms with van der Waals surface area (Å²) in [6.45, 7) is 1.91. The van der Waals surface area contributed by atoms with Crippen LogP contribution < -0.4 is 10.6 Å². The number of anilines is 1. The normalized spacial score (nSPS) is 14.2. The van der Waals surface area contributed by atoms with Gasteiger partial charge in [-0.2, -0.15) is 0 Å². The molecule has 1 aromatic heterocycles. The molecule has 0 radical (unpaired) electrons. The highest BCUT2D eigenvalue weighted by Gasteiger charge is 2.27. The number of non-ortho nitro benzene ring substituents is 1. The van der Waals surface area contributed by atoms with Gasteiger partial charge in [0.15, 0.2) is 0 Å². The van der Waals surface area contributed by atoms with Crippen molar-refractivity contribution >= 4 is 34.5 Å². The first-order valence-electron chi connectivity index (χ1n) is 10.2. The number of nitro groups is 1. The third kappa shape index (κ3) is 5.01. The summed E-state index contributed by atoms with van der Waals surface area (Å²) < 4.78 is 0. The van der Waals surface area contributed by atoms with Crippen LogP contribution in [0.3, 0.4) is 0 Å². The molecule has 9 heteroatoms. The number of amides is 2. The van der Waals surface area contributed by atoms with Gasteiger partial charge in [0.2, 0.25) is 0 Å². The molecule has 164 valence electrons. The zero-order valence-corrected chi connectivity index (χ0v) is 18.0. The van der Waals surface area contributed by atoms with Crippen LogP contribution in [-0.4, -0.2) is 34.7 Å². The third-order valence-electron chi connectivity index (χ3n) is 5.45. The highest BCUT2D eigenvalue weighted by atomic mass is 32.1. The average Bonchev–Trinajstić information content (AvgIpc) is 3.33. The second kappa shape index (κ2) is 9.71. The van der Waals surface area contributed by atoms with Gasteiger partial charge in [0, 0.05) is 42.3 Å². The Kier molecular flexibility index (Phi) is 6.58. The first kappa shape index (κ1) is 21.7. The molecule has 2 N–H and O–H groups in total. The van der Waals surface area contributed by atoms with E-state index in [0.29, 0.717) is 0 Å². The zero-order chi connectivity index (χ0) is 22.5. The van der Waals surface area contributed by atoms with Crippen molar-refractivity contribution < 1.29 is 14.5 Å². The van der Waals surface area contributed by atoms with E-state index in [0.717, 1.165) is 24.4 Å². The number of hydrogen-bond donors (Lipinski definition) is 2. The van der Waals surface area contributed by atoms with Gasteiger partial charge in [-0.3, -0.25) is 24.6 Å². The number of nitro benzene ring substituents is 1. The molecule has 32 heavy (non-hydrogen) atoms. The first-order chi connectivity index (χ1) is 15.5. The number of hydrogen-bond acceptors (Lipinski definition) is 6. The molecule has 2 amide bonds. The Hall–Kier alpha value is -3.56. The van der Waals surface area contributed by atoms with E-state index in [1.165, 1.54) is 35.4 Å². The van der Waals surface area contributed by atoms with Crippen LogP contribution in [0.1, 0.15) is 22.0 Å². The molecule has 0 spiro atoms. The number of benzene rings is 2. The van der Waals surface area contributed by atoms with Crippen molar-refractivity contribution in [3.05, 3.63) is 92.2 Å². The van der Waals surface area contributed by atoms with Crippen molar-refractivity contribution in [1.29, 1.82) is 0 Å². The van der Waals surface area contributed by atoms with Crippen molar-refractivity contribution in [2.75, 3.05) is 18.4 Å². The molecule has 0 unspecified atom stereocenters. The largest absolute Gasteiger partial charge is 0.346 e. The molecule has 3 aromatic rings. The quantitative estimate of drug-likeness (QED) is 0.340. The molecule has 0 saturated carbocycles. The van der Waals surface area contributed by atoms with E-state index in [2.05, 4.69) is 27.7 Å². The smallest absolute Gasteiger partial charge is 0.313 e. The van der Waals surface area contributed by atoms with E-state index >= 15 is 0 Å². The van der Waals surface area contributed by atoms with Gasteiger partial charge in [-0.15, -0.1) is 11.3 Å². The molecule has 0 bridgehead atoms. The maximum absolute atomic E-state index is 12.4. The summed E-state index contributed by atoms with van der Waals surface area (Å²) in [6.07, 6.45) is 0.930. The number of thiophene rings is 1. The summed E-state index contributed by atoms with van der Waals surface area (Å²) in [4.78, 5) is 38.5. The number of carbonyl (C=O) groups excluding carboxylic acids is 2. The van der Waals surface area contributed by atoms with Gasteiger partial charge in [-0.25, -0.2) is 0 Å². The van der Waals surface area contributed by atoms with E-state index in [4.69, 9.17) is 0 Å². The Morgan fingerprint density at radius 3 is 2.62 bits per heavy atom. The van der Waals surface area contributed by atoms with Crippen LogP contribution >= 0.6 is 11.3 Å². The van der Waals surface area contributed by atoms with E-state index in [1.54, 1.807) is 11.3 Å². The maximum Gasteiger partial charge on any atom is 0.313 e. The number of nitrogens with one attached hydrogen (secondary N) is 2. The van der Waals surface area contributed by atoms with Crippen LogP contribution in [0.4, 0.5) is 11.4 Å². The fraction of sp³-hybridized carbons (Fsp3) is 0.217. The number of carbonyl (C=O) groups is 2. The highest BCUT2D eigenvalue weighted by molar-refractivity contribution is 7.10. The fourth-order valence-corrected chi connectivity index (χ4v) is 4.69. The minimum absolute atomic E-state index is 0.0575. The lowest BCUT2D eigenvalue weighted by molar-refractivity contribution is -0.384. The minimum Gasteiger partial charge on any atom is -0.346 e. The Morgan fingerprint density at radius 2 is 1.88 bits per heavy atom. The predicted molar refractivity (Wildman–Crippen MR) is 122 cm³/mol. The van der Waals surface area contributed by atoms with Gasteiger partial charge < -0.3 is 10.6 Å². The number of nitrogens with zero attached hydrogens (tertiary/aromatic N) is 2. The average molecular weight is 451 g/mol. The monoisotopic (exact) mass is 450 g/mol. The fourth-order valence-electron chi connectivity index (χ4n) is 3.83. The topological polar surface area (TPSA) is 105 Å². The molecule has 0 fully saturated rings. The zero-order valence-electron chi connectivity index (χ0n) is 17.2. The Morgan fingerprint density at radius 1 is 1.06 bits per heavy atom. The Labute approximate surface area is 189 Å². The maximum atomic E-state index is 12.4. The van der Waals surface area contributed by atoms with E-state index in [9.17, 15) is 19.7 Å². The molecule has 1 atom stereocenters. The molecular weight excluding hydrogens is 428 g/mol. The van der Waals surface area contributed by atoms with E-state index in [1.807, 2.05) is 29.6 Å². The lowest BCUT2D eigenvalue weighted by Gasteiger charge is -2.35. The van der Waals surface area contributed by atoms with Gasteiger partial charge in [-0.1, -0.05) is 36.4 Å². The molecule has 0 aliphatic carbocycles. The van der Waals surface area contributed by atoms with Gasteiger partial charge in [0.25, 0.3) is 5.69 Å². The van der Waals surface area contributed by atoms with Crippen molar-refractivity contribution in [3.63, 3.8) is 0 Å². The van der Waals surface area contributed by atoms with Crippen LogP contribution in [0.5, 0.6) is 0 Å². The summed E-state index contributed by atoms with van der Waals surface area (Å²) >= 11 is 1.62. The van der Waals surface area contributed by atoms with Crippen LogP contribution in [0, 0.1) is 10.1 Å². The van der Waals surface area contributed by atoms with Crippen LogP contribution in [-0.2, 0) is 22.6 Å². The second-order valence-electron chi connectivity index (χ2n) is 7.49. The standard InChI is InChI=1S/C23H22N4O4S/c28-22(23(29)25-18-7-3-8-19(13-18)27(30)31)24-14-20(21-9-4-12-32-21)26-11-10-16-5-1-2-6-17(16)15-26/h1-9,12-13,20H,10-11,14-15H2,(H,24,28)(H,25,29)/t20-/m1/s1. The lowest BCUT2D eigenvalue weighted by Crippen LogP contribution is -2.43. The Bertz CT molecular complexity index is 1130. The van der Waals surface area contributed by atoms with Crippen molar-refractivity contribution in [2.24, 2.45) is 0 Å². The summed E-state index contributed by atoms with van der Waals surface area (Å²) in [6, 6.07) is 17.8.